The van der Waals surface area contributed by atoms with Crippen LogP contribution in [-0.2, 0) is 10.0 Å². The second-order valence-electron chi connectivity index (χ2n) is 6.54. The molecule has 134 valence electrons. The lowest BCUT2D eigenvalue weighted by Gasteiger charge is -2.32. The summed E-state index contributed by atoms with van der Waals surface area (Å²) >= 11 is 0. The molecule has 1 aromatic carbocycles. The predicted molar refractivity (Wildman–Crippen MR) is 94.2 cm³/mol. The van der Waals surface area contributed by atoms with Crippen LogP contribution in [0.5, 0.6) is 0 Å². The van der Waals surface area contributed by atoms with Crippen LogP contribution < -0.4 is 11.1 Å². The van der Waals surface area contributed by atoms with Crippen LogP contribution in [0.4, 0.5) is 0 Å². The van der Waals surface area contributed by atoms with Crippen LogP contribution in [0.1, 0.15) is 43.5 Å². The van der Waals surface area contributed by atoms with Gasteiger partial charge in [-0.3, -0.25) is 4.79 Å². The van der Waals surface area contributed by atoms with E-state index in [2.05, 4.69) is 5.32 Å². The molecular formula is C17H27N3O3S. The van der Waals surface area contributed by atoms with Gasteiger partial charge in [0.05, 0.1) is 4.90 Å². The third-order valence-electron chi connectivity index (χ3n) is 4.48. The molecule has 24 heavy (non-hydrogen) atoms. The number of nitrogens with one attached hydrogen (secondary N) is 1. The molecule has 3 N–H and O–H groups in total. The first kappa shape index (κ1) is 18.9. The summed E-state index contributed by atoms with van der Waals surface area (Å²) in [6.45, 7) is 5.46. The van der Waals surface area contributed by atoms with Crippen molar-refractivity contribution in [3.05, 3.63) is 29.8 Å². The van der Waals surface area contributed by atoms with Crippen molar-refractivity contribution >= 4 is 15.9 Å². The molecule has 0 aromatic heterocycles. The molecule has 1 aliphatic rings. The molecule has 1 aliphatic heterocycles. The Morgan fingerprint density at radius 2 is 2.00 bits per heavy atom. The topological polar surface area (TPSA) is 92.5 Å². The fourth-order valence-electron chi connectivity index (χ4n) is 2.79. The Balaban J connectivity index is 2.09. The van der Waals surface area contributed by atoms with E-state index in [1.54, 1.807) is 16.4 Å². The second kappa shape index (κ2) is 8.09. The van der Waals surface area contributed by atoms with E-state index in [9.17, 15) is 13.2 Å². The summed E-state index contributed by atoms with van der Waals surface area (Å²) in [6, 6.07) is 6.16. The van der Waals surface area contributed by atoms with Gasteiger partial charge in [0.1, 0.15) is 0 Å². The molecule has 0 saturated carbocycles. The van der Waals surface area contributed by atoms with E-state index in [0.29, 0.717) is 25.2 Å². The molecule has 0 spiro atoms. The number of hydrogen-bond acceptors (Lipinski definition) is 4. The maximum atomic E-state index is 12.7. The lowest BCUT2D eigenvalue weighted by Crippen LogP contribution is -2.41. The summed E-state index contributed by atoms with van der Waals surface area (Å²) in [5.74, 6) is -0.0141. The summed E-state index contributed by atoms with van der Waals surface area (Å²) in [4.78, 5) is 12.3. The first-order valence-corrected chi connectivity index (χ1v) is 9.90. The smallest absolute Gasteiger partial charge is 0.251 e. The first-order chi connectivity index (χ1) is 11.4. The molecule has 0 radical (unpaired) electrons. The minimum Gasteiger partial charge on any atom is -0.352 e. The van der Waals surface area contributed by atoms with Crippen molar-refractivity contribution in [2.45, 2.75) is 44.0 Å². The van der Waals surface area contributed by atoms with Crippen LogP contribution in [0.2, 0.25) is 0 Å². The summed E-state index contributed by atoms with van der Waals surface area (Å²) in [5, 5.41) is 2.80. The third-order valence-corrected chi connectivity index (χ3v) is 6.51. The number of sulfonamides is 1. The second-order valence-corrected chi connectivity index (χ2v) is 8.43. The quantitative estimate of drug-likeness (QED) is 0.812. The molecule has 1 fully saturated rings. The van der Waals surface area contributed by atoms with Crippen LogP contribution >= 0.6 is 0 Å². The summed E-state index contributed by atoms with van der Waals surface area (Å²) in [7, 11) is -3.50. The average molecular weight is 353 g/mol. The first-order valence-electron chi connectivity index (χ1n) is 8.46. The zero-order valence-electron chi connectivity index (χ0n) is 14.4. The minimum absolute atomic E-state index is 0.0180. The highest BCUT2D eigenvalue weighted by atomic mass is 32.2. The van der Waals surface area contributed by atoms with Crippen LogP contribution in [0, 0.1) is 5.92 Å². The molecule has 0 aliphatic carbocycles. The van der Waals surface area contributed by atoms with Gasteiger partial charge in [0, 0.05) is 24.7 Å². The molecule has 1 heterocycles. The van der Waals surface area contributed by atoms with Gasteiger partial charge in [-0.25, -0.2) is 8.42 Å². The van der Waals surface area contributed by atoms with Crippen molar-refractivity contribution in [3.8, 4) is 0 Å². The minimum atomic E-state index is -3.50. The number of rotatable bonds is 6. The summed E-state index contributed by atoms with van der Waals surface area (Å²) < 4.78 is 27.1. The number of carbonyl (C=O) groups is 1. The molecule has 2 rings (SSSR count). The van der Waals surface area contributed by atoms with Crippen LogP contribution in [0.25, 0.3) is 0 Å². The van der Waals surface area contributed by atoms with Gasteiger partial charge in [-0.15, -0.1) is 0 Å². The number of benzene rings is 1. The Kier molecular flexibility index (Phi) is 6.37. The zero-order valence-corrected chi connectivity index (χ0v) is 15.2. The molecule has 2 unspecified atom stereocenters. The number of hydrogen-bond donors (Lipinski definition) is 2. The normalized spacial score (nSPS) is 20.5. The maximum Gasteiger partial charge on any atom is 0.251 e. The Morgan fingerprint density at radius 1 is 1.33 bits per heavy atom. The molecule has 1 amide bonds. The van der Waals surface area contributed by atoms with Crippen molar-refractivity contribution < 1.29 is 13.2 Å². The highest BCUT2D eigenvalue weighted by molar-refractivity contribution is 7.89. The molecule has 6 nitrogen and oxygen atoms in total. The highest BCUT2D eigenvalue weighted by Gasteiger charge is 2.30. The fraction of sp³-hybridized carbons (Fsp3) is 0.588. The molecule has 0 bridgehead atoms. The van der Waals surface area contributed by atoms with Gasteiger partial charge in [0.25, 0.3) is 5.91 Å². The predicted octanol–water partition coefficient (Wildman–Crippen LogP) is 1.57. The van der Waals surface area contributed by atoms with Crippen molar-refractivity contribution in [3.63, 3.8) is 0 Å². The van der Waals surface area contributed by atoms with Crippen LogP contribution in [-0.4, -0.2) is 44.3 Å². The summed E-state index contributed by atoms with van der Waals surface area (Å²) in [5.41, 5.74) is 5.97. The third kappa shape index (κ3) is 4.34. The van der Waals surface area contributed by atoms with Crippen molar-refractivity contribution in [1.82, 2.24) is 9.62 Å². The molecule has 1 saturated heterocycles. The van der Waals surface area contributed by atoms with Gasteiger partial charge in [-0.1, -0.05) is 13.3 Å². The number of carbonyl (C=O) groups excluding carboxylic acids is 1. The van der Waals surface area contributed by atoms with E-state index >= 15 is 0 Å². The largest absolute Gasteiger partial charge is 0.352 e. The van der Waals surface area contributed by atoms with Crippen LogP contribution in [0.15, 0.2) is 29.2 Å². The number of piperidine rings is 1. The van der Waals surface area contributed by atoms with Gasteiger partial charge in [-0.05, 0) is 56.5 Å². The van der Waals surface area contributed by atoms with E-state index in [1.165, 1.54) is 12.1 Å². The molecule has 2 atom stereocenters. The monoisotopic (exact) mass is 353 g/mol. The van der Waals surface area contributed by atoms with Crippen molar-refractivity contribution in [2.24, 2.45) is 11.7 Å². The van der Waals surface area contributed by atoms with Gasteiger partial charge in [-0.2, -0.15) is 4.31 Å². The average Bonchev–Trinajstić information content (AvgIpc) is 2.59. The fourth-order valence-corrected chi connectivity index (χ4v) is 4.49. The van der Waals surface area contributed by atoms with E-state index in [4.69, 9.17) is 5.73 Å². The van der Waals surface area contributed by atoms with Crippen LogP contribution in [0.3, 0.4) is 0 Å². The SMILES string of the molecule is CC(CN)CNC(=O)c1ccc(S(=O)(=O)N2CCCCC2C)cc1. The van der Waals surface area contributed by atoms with Gasteiger partial charge < -0.3 is 11.1 Å². The van der Waals surface area contributed by atoms with Crippen molar-refractivity contribution in [1.29, 1.82) is 0 Å². The molecular weight excluding hydrogens is 326 g/mol. The molecule has 1 aromatic rings. The number of amides is 1. The summed E-state index contributed by atoms with van der Waals surface area (Å²) in [6.07, 6.45) is 2.84. The van der Waals surface area contributed by atoms with E-state index < -0.39 is 10.0 Å². The van der Waals surface area contributed by atoms with Gasteiger partial charge >= 0.3 is 0 Å². The van der Waals surface area contributed by atoms with Crippen molar-refractivity contribution in [2.75, 3.05) is 19.6 Å². The Hall–Kier alpha value is -1.44. The van der Waals surface area contributed by atoms with E-state index in [-0.39, 0.29) is 22.8 Å². The number of nitrogens with zero attached hydrogens (tertiary/aromatic N) is 1. The van der Waals surface area contributed by atoms with E-state index in [1.807, 2.05) is 13.8 Å². The Morgan fingerprint density at radius 3 is 2.58 bits per heavy atom. The lowest BCUT2D eigenvalue weighted by atomic mass is 10.1. The maximum absolute atomic E-state index is 12.7. The Bertz CT molecular complexity index is 658. The van der Waals surface area contributed by atoms with Gasteiger partial charge in [0.15, 0.2) is 0 Å². The van der Waals surface area contributed by atoms with E-state index in [0.717, 1.165) is 19.3 Å². The standard InChI is InChI=1S/C17H27N3O3S/c1-13(11-18)12-19-17(21)15-6-8-16(9-7-15)24(22,23)20-10-4-3-5-14(20)2/h6-9,13-14H,3-5,10-12,18H2,1-2H3,(H,19,21). The Labute approximate surface area is 144 Å². The highest BCUT2D eigenvalue weighted by Crippen LogP contribution is 2.25. The zero-order chi connectivity index (χ0) is 17.7. The lowest BCUT2D eigenvalue weighted by molar-refractivity contribution is 0.0948. The molecule has 7 heteroatoms. The number of nitrogens with two attached hydrogens (primary N) is 1. The van der Waals surface area contributed by atoms with Gasteiger partial charge in [0.2, 0.25) is 10.0 Å².